The molecule has 0 bridgehead atoms. The maximum Gasteiger partial charge on any atom is 0.325 e. The predicted molar refractivity (Wildman–Crippen MR) is 67.6 cm³/mol. The Morgan fingerprint density at radius 3 is 2.89 bits per heavy atom. The Labute approximate surface area is 106 Å². The van der Waals surface area contributed by atoms with Crippen molar-refractivity contribution in [1.29, 1.82) is 0 Å². The number of hydrogen-bond acceptors (Lipinski definition) is 4. The third-order valence-corrected chi connectivity index (χ3v) is 2.47. The lowest BCUT2D eigenvalue weighted by Crippen LogP contribution is -2.29. The van der Waals surface area contributed by atoms with E-state index in [0.717, 1.165) is 6.42 Å². The highest BCUT2D eigenvalue weighted by atomic mass is 16.5. The van der Waals surface area contributed by atoms with Gasteiger partial charge in [0.15, 0.2) is 0 Å². The first-order chi connectivity index (χ1) is 8.65. The van der Waals surface area contributed by atoms with Gasteiger partial charge in [-0.05, 0) is 37.6 Å². The highest BCUT2D eigenvalue weighted by Gasteiger charge is 2.18. The first kappa shape index (κ1) is 14.5. The number of phenolic OH excluding ortho intramolecular Hbond substituents is 1. The number of carbonyl (C=O) groups is 1. The molecule has 0 saturated heterocycles. The summed E-state index contributed by atoms with van der Waals surface area (Å²) < 4.78 is 5.17. The fraction of sp³-hybridized carbons (Fsp3) is 0.462. The number of aromatic hydroxyl groups is 1. The van der Waals surface area contributed by atoms with E-state index in [0.29, 0.717) is 25.3 Å². The molecule has 0 aliphatic heterocycles. The van der Waals surface area contributed by atoms with E-state index >= 15 is 0 Å². The van der Waals surface area contributed by atoms with Gasteiger partial charge in [-0.1, -0.05) is 12.1 Å². The van der Waals surface area contributed by atoms with Crippen molar-refractivity contribution in [2.75, 3.05) is 19.8 Å². The third-order valence-electron chi connectivity index (χ3n) is 2.47. The van der Waals surface area contributed by atoms with Crippen LogP contribution >= 0.6 is 0 Å². The van der Waals surface area contributed by atoms with Gasteiger partial charge < -0.3 is 20.3 Å². The van der Waals surface area contributed by atoms with Crippen molar-refractivity contribution < 1.29 is 19.7 Å². The third kappa shape index (κ3) is 4.73. The first-order valence-corrected chi connectivity index (χ1v) is 5.98. The normalized spacial score (nSPS) is 12.3. The zero-order chi connectivity index (χ0) is 13.4. The van der Waals surface area contributed by atoms with Crippen LogP contribution in [-0.2, 0) is 9.53 Å². The summed E-state index contributed by atoms with van der Waals surface area (Å²) in [5.74, 6) is -0.896. The molecule has 100 valence electrons. The number of hydrogen-bond donors (Lipinski definition) is 3. The summed E-state index contributed by atoms with van der Waals surface area (Å²) in [6, 6.07) is 5.46. The molecule has 5 heteroatoms. The molecule has 3 N–H and O–H groups in total. The smallest absolute Gasteiger partial charge is 0.325 e. The van der Waals surface area contributed by atoms with E-state index in [2.05, 4.69) is 5.32 Å². The fourth-order valence-corrected chi connectivity index (χ4v) is 1.62. The van der Waals surface area contributed by atoms with Gasteiger partial charge in [-0.15, -0.1) is 0 Å². The SMILES string of the molecule is CCOCCCNC(C(=O)O)c1cccc(O)c1. The van der Waals surface area contributed by atoms with Gasteiger partial charge in [-0.2, -0.15) is 0 Å². The number of carboxylic acids is 1. The Hall–Kier alpha value is -1.59. The minimum Gasteiger partial charge on any atom is -0.508 e. The maximum absolute atomic E-state index is 11.2. The zero-order valence-corrected chi connectivity index (χ0v) is 10.4. The summed E-state index contributed by atoms with van der Waals surface area (Å²) in [4.78, 5) is 11.2. The molecule has 1 rings (SSSR count). The summed E-state index contributed by atoms with van der Waals surface area (Å²) in [6.45, 7) is 3.73. The molecule has 0 spiro atoms. The molecule has 18 heavy (non-hydrogen) atoms. The van der Waals surface area contributed by atoms with Crippen LogP contribution in [0.2, 0.25) is 0 Å². The van der Waals surface area contributed by atoms with Crippen LogP contribution in [0.1, 0.15) is 24.9 Å². The number of benzene rings is 1. The van der Waals surface area contributed by atoms with Crippen molar-refractivity contribution in [1.82, 2.24) is 5.32 Å². The minimum atomic E-state index is -0.961. The molecule has 0 aliphatic carbocycles. The van der Waals surface area contributed by atoms with E-state index in [-0.39, 0.29) is 5.75 Å². The average molecular weight is 253 g/mol. The van der Waals surface area contributed by atoms with Crippen LogP contribution in [0.4, 0.5) is 0 Å². The average Bonchev–Trinajstić information content (AvgIpc) is 2.33. The molecule has 1 aromatic rings. The molecule has 0 heterocycles. The van der Waals surface area contributed by atoms with Gasteiger partial charge in [0.25, 0.3) is 0 Å². The summed E-state index contributed by atoms with van der Waals surface area (Å²) in [5, 5.41) is 21.4. The Morgan fingerprint density at radius 2 is 2.28 bits per heavy atom. The van der Waals surface area contributed by atoms with Crippen molar-refractivity contribution in [3.05, 3.63) is 29.8 Å². The molecule has 5 nitrogen and oxygen atoms in total. The van der Waals surface area contributed by atoms with Gasteiger partial charge in [0.05, 0.1) is 0 Å². The largest absolute Gasteiger partial charge is 0.508 e. The zero-order valence-electron chi connectivity index (χ0n) is 10.4. The van der Waals surface area contributed by atoms with Crippen molar-refractivity contribution in [2.45, 2.75) is 19.4 Å². The highest BCUT2D eigenvalue weighted by Crippen LogP contribution is 2.18. The van der Waals surface area contributed by atoms with Gasteiger partial charge in [0.1, 0.15) is 11.8 Å². The summed E-state index contributed by atoms with van der Waals surface area (Å²) in [5.41, 5.74) is 0.541. The molecule has 1 unspecified atom stereocenters. The number of phenols is 1. The van der Waals surface area contributed by atoms with Crippen LogP contribution in [0.3, 0.4) is 0 Å². The fourth-order valence-electron chi connectivity index (χ4n) is 1.62. The monoisotopic (exact) mass is 253 g/mol. The number of rotatable bonds is 8. The molecule has 0 aromatic heterocycles. The quantitative estimate of drug-likeness (QED) is 0.612. The van der Waals surface area contributed by atoms with Gasteiger partial charge in [0.2, 0.25) is 0 Å². The number of aliphatic carboxylic acids is 1. The molecular weight excluding hydrogens is 234 g/mol. The van der Waals surface area contributed by atoms with Crippen LogP contribution in [0.15, 0.2) is 24.3 Å². The Morgan fingerprint density at radius 1 is 1.50 bits per heavy atom. The Kier molecular flexibility index (Phi) is 6.18. The molecule has 0 fully saturated rings. The van der Waals surface area contributed by atoms with Crippen molar-refractivity contribution in [3.63, 3.8) is 0 Å². The van der Waals surface area contributed by atoms with E-state index in [1.54, 1.807) is 12.1 Å². The van der Waals surface area contributed by atoms with Gasteiger partial charge in [-0.25, -0.2) is 0 Å². The molecule has 1 atom stereocenters. The number of carboxylic acid groups (broad SMARTS) is 1. The topological polar surface area (TPSA) is 78.8 Å². The van der Waals surface area contributed by atoms with E-state index in [9.17, 15) is 9.90 Å². The van der Waals surface area contributed by atoms with Crippen molar-refractivity contribution in [3.8, 4) is 5.75 Å². The summed E-state index contributed by atoms with van der Waals surface area (Å²) >= 11 is 0. The minimum absolute atomic E-state index is 0.0647. The van der Waals surface area contributed by atoms with E-state index in [4.69, 9.17) is 9.84 Å². The lowest BCUT2D eigenvalue weighted by molar-refractivity contribution is -0.139. The summed E-state index contributed by atoms with van der Waals surface area (Å²) in [6.07, 6.45) is 0.746. The lowest BCUT2D eigenvalue weighted by atomic mass is 10.1. The van der Waals surface area contributed by atoms with E-state index in [1.165, 1.54) is 12.1 Å². The lowest BCUT2D eigenvalue weighted by Gasteiger charge is -2.15. The first-order valence-electron chi connectivity index (χ1n) is 5.98. The number of ether oxygens (including phenoxy) is 1. The Bertz CT molecular complexity index is 381. The maximum atomic E-state index is 11.2. The highest BCUT2D eigenvalue weighted by molar-refractivity contribution is 5.75. The van der Waals surface area contributed by atoms with Crippen molar-refractivity contribution >= 4 is 5.97 Å². The van der Waals surface area contributed by atoms with Crippen LogP contribution in [-0.4, -0.2) is 35.9 Å². The second kappa shape index (κ2) is 7.68. The second-order valence-corrected chi connectivity index (χ2v) is 3.87. The standard InChI is InChI=1S/C13H19NO4/c1-2-18-8-4-7-14-12(13(16)17)10-5-3-6-11(15)9-10/h3,5-6,9,12,14-15H,2,4,7-8H2,1H3,(H,16,17). The molecule has 1 aromatic carbocycles. The predicted octanol–water partition coefficient (Wildman–Crippen LogP) is 1.53. The number of nitrogens with one attached hydrogen (secondary N) is 1. The second-order valence-electron chi connectivity index (χ2n) is 3.87. The van der Waals surface area contributed by atoms with Gasteiger partial charge >= 0.3 is 5.97 Å². The molecular formula is C13H19NO4. The Balaban J connectivity index is 2.53. The molecule has 0 aliphatic rings. The molecule has 0 amide bonds. The van der Waals surface area contributed by atoms with Gasteiger partial charge in [0, 0.05) is 13.2 Å². The van der Waals surface area contributed by atoms with E-state index in [1.807, 2.05) is 6.92 Å². The van der Waals surface area contributed by atoms with Crippen LogP contribution in [0.5, 0.6) is 5.75 Å². The molecule has 0 radical (unpaired) electrons. The molecule has 0 saturated carbocycles. The van der Waals surface area contributed by atoms with Crippen LogP contribution in [0.25, 0.3) is 0 Å². The van der Waals surface area contributed by atoms with E-state index < -0.39 is 12.0 Å². The van der Waals surface area contributed by atoms with Crippen LogP contribution in [0, 0.1) is 0 Å². The van der Waals surface area contributed by atoms with Crippen molar-refractivity contribution in [2.24, 2.45) is 0 Å². The van der Waals surface area contributed by atoms with Crippen LogP contribution < -0.4 is 5.32 Å². The summed E-state index contributed by atoms with van der Waals surface area (Å²) in [7, 11) is 0. The van der Waals surface area contributed by atoms with Gasteiger partial charge in [-0.3, -0.25) is 4.79 Å².